The quantitative estimate of drug-likeness (QED) is 0.518. The van der Waals surface area contributed by atoms with E-state index in [1.807, 2.05) is 0 Å². The number of hydrogen-bond donors (Lipinski definition) is 1. The van der Waals surface area contributed by atoms with Crippen LogP contribution < -0.4 is 0 Å². The molecule has 0 aliphatic heterocycles. The van der Waals surface area contributed by atoms with Crippen LogP contribution in [0.15, 0.2) is 59.7 Å². The van der Waals surface area contributed by atoms with Gasteiger partial charge in [-0.1, -0.05) is 94.8 Å². The molecule has 1 N–H and O–H groups in total. The van der Waals surface area contributed by atoms with Crippen molar-refractivity contribution in [2.24, 2.45) is 39.9 Å². The number of aliphatic hydroxyl groups excluding tert-OH is 1. The molecule has 5 rings (SSSR count). The average Bonchev–Trinajstić information content (AvgIpc) is 3.13. The molecule has 1 nitrogen and oxygen atoms in total. The van der Waals surface area contributed by atoms with Crippen molar-refractivity contribution in [2.45, 2.75) is 79.2 Å². The second-order valence-corrected chi connectivity index (χ2v) is 12.4. The van der Waals surface area contributed by atoms with E-state index < -0.39 is 0 Å². The van der Waals surface area contributed by atoms with E-state index in [-0.39, 0.29) is 16.9 Å². The van der Waals surface area contributed by atoms with Gasteiger partial charge in [-0.15, -0.1) is 0 Å². The molecule has 1 aromatic carbocycles. The summed E-state index contributed by atoms with van der Waals surface area (Å²) in [7, 11) is 0. The fourth-order valence-electron chi connectivity index (χ4n) is 8.55. The van der Waals surface area contributed by atoms with Gasteiger partial charge in [0.2, 0.25) is 0 Å². The van der Waals surface area contributed by atoms with Crippen molar-refractivity contribution in [2.75, 3.05) is 0 Å². The Hall–Kier alpha value is -1.60. The first-order chi connectivity index (χ1) is 15.2. The maximum atomic E-state index is 10.8. The molecule has 0 aromatic heterocycles. The molecule has 2 fully saturated rings. The third kappa shape index (κ3) is 3.22. The highest BCUT2D eigenvalue weighted by Gasteiger charge is 2.58. The number of rotatable bonds is 3. The van der Waals surface area contributed by atoms with Gasteiger partial charge in [0, 0.05) is 0 Å². The van der Waals surface area contributed by atoms with Gasteiger partial charge < -0.3 is 5.11 Å². The molecule has 0 saturated heterocycles. The van der Waals surface area contributed by atoms with Crippen molar-refractivity contribution >= 4 is 6.08 Å². The normalized spacial score (nSPS) is 41.3. The van der Waals surface area contributed by atoms with E-state index in [9.17, 15) is 5.11 Å². The minimum atomic E-state index is -0.179. The Labute approximate surface area is 195 Å². The largest absolute Gasteiger partial charge is 0.393 e. The third-order valence-corrected chi connectivity index (χ3v) is 10.5. The van der Waals surface area contributed by atoms with Crippen LogP contribution in [0.1, 0.15) is 78.7 Å². The molecular weight excluding hydrogens is 388 g/mol. The molecule has 1 unspecified atom stereocenters. The number of benzene rings is 1. The van der Waals surface area contributed by atoms with Crippen LogP contribution in [-0.4, -0.2) is 11.2 Å². The second-order valence-electron chi connectivity index (χ2n) is 12.4. The van der Waals surface area contributed by atoms with Crippen molar-refractivity contribution in [3.63, 3.8) is 0 Å². The Morgan fingerprint density at radius 2 is 1.75 bits per heavy atom. The molecule has 0 bridgehead atoms. The van der Waals surface area contributed by atoms with Crippen molar-refractivity contribution < 1.29 is 5.11 Å². The monoisotopic (exact) mass is 430 g/mol. The van der Waals surface area contributed by atoms with Gasteiger partial charge in [-0.2, -0.15) is 0 Å². The first kappa shape index (κ1) is 22.2. The van der Waals surface area contributed by atoms with Gasteiger partial charge in [-0.3, -0.25) is 0 Å². The zero-order valence-electron chi connectivity index (χ0n) is 20.8. The predicted octanol–water partition coefficient (Wildman–Crippen LogP) is 7.83. The molecule has 1 heteroatoms. The number of hydrogen-bond acceptors (Lipinski definition) is 1. The molecule has 0 heterocycles. The molecule has 0 amide bonds. The standard InChI is InChI=1S/C31H42O/c1-21(11-12-22-9-7-6-8-10-22)24-14-15-25-23-13-16-27-29(2,3)28(32)18-20-31(27,5)26(23)17-19-30(24,25)4/h6-13,16,21,24,26-28,32H,14-15,17-20H2,1-5H3/t21-,24-,26+,27+,28?,30-,31-/m1/s1. The van der Waals surface area contributed by atoms with Crippen LogP contribution >= 0.6 is 0 Å². The summed E-state index contributed by atoms with van der Waals surface area (Å²) in [6.45, 7) is 12.1. The van der Waals surface area contributed by atoms with Crippen LogP contribution in [-0.2, 0) is 0 Å². The van der Waals surface area contributed by atoms with Crippen LogP contribution in [0.3, 0.4) is 0 Å². The highest BCUT2D eigenvalue weighted by atomic mass is 16.3. The summed E-state index contributed by atoms with van der Waals surface area (Å²) in [5.74, 6) is 2.47. The van der Waals surface area contributed by atoms with Gasteiger partial charge in [-0.25, -0.2) is 0 Å². The van der Waals surface area contributed by atoms with Gasteiger partial charge in [0.1, 0.15) is 0 Å². The summed E-state index contributed by atoms with van der Waals surface area (Å²) < 4.78 is 0. The lowest BCUT2D eigenvalue weighted by Gasteiger charge is -2.59. The predicted molar refractivity (Wildman–Crippen MR) is 135 cm³/mol. The molecule has 32 heavy (non-hydrogen) atoms. The first-order valence-corrected chi connectivity index (χ1v) is 13.0. The van der Waals surface area contributed by atoms with Gasteiger partial charge in [0.05, 0.1) is 6.10 Å². The molecular formula is C31H42O. The summed E-state index contributed by atoms with van der Waals surface area (Å²) in [6.07, 6.45) is 17.0. The van der Waals surface area contributed by atoms with Gasteiger partial charge in [-0.05, 0) is 89.6 Å². The average molecular weight is 431 g/mol. The Morgan fingerprint density at radius 3 is 2.50 bits per heavy atom. The molecule has 7 atom stereocenters. The molecule has 4 aliphatic rings. The van der Waals surface area contributed by atoms with Gasteiger partial charge in [0.25, 0.3) is 0 Å². The summed E-state index contributed by atoms with van der Waals surface area (Å²) in [4.78, 5) is 0. The molecule has 2 saturated carbocycles. The smallest absolute Gasteiger partial charge is 0.0597 e. The summed E-state index contributed by atoms with van der Waals surface area (Å²) >= 11 is 0. The van der Waals surface area contributed by atoms with E-state index in [1.165, 1.54) is 31.2 Å². The first-order valence-electron chi connectivity index (χ1n) is 13.0. The molecule has 4 aliphatic carbocycles. The molecule has 172 valence electrons. The second kappa shape index (κ2) is 7.73. The van der Waals surface area contributed by atoms with Crippen molar-refractivity contribution in [1.29, 1.82) is 0 Å². The highest BCUT2D eigenvalue weighted by Crippen LogP contribution is 2.66. The minimum Gasteiger partial charge on any atom is -0.393 e. The van der Waals surface area contributed by atoms with Crippen LogP contribution in [0, 0.1) is 39.9 Å². The Bertz CT molecular complexity index is 950. The van der Waals surface area contributed by atoms with Gasteiger partial charge >= 0.3 is 0 Å². The van der Waals surface area contributed by atoms with E-state index in [0.29, 0.717) is 23.2 Å². The fourth-order valence-corrected chi connectivity index (χ4v) is 8.55. The summed E-state index contributed by atoms with van der Waals surface area (Å²) in [5.41, 5.74) is 5.36. The highest BCUT2D eigenvalue weighted by molar-refractivity contribution is 5.49. The Balaban J connectivity index is 1.46. The molecule has 0 spiro atoms. The van der Waals surface area contributed by atoms with Crippen LogP contribution in [0.2, 0.25) is 0 Å². The summed E-state index contributed by atoms with van der Waals surface area (Å²) in [6, 6.07) is 10.7. The van der Waals surface area contributed by atoms with Crippen LogP contribution in [0.4, 0.5) is 0 Å². The maximum absolute atomic E-state index is 10.8. The van der Waals surface area contributed by atoms with E-state index >= 15 is 0 Å². The Kier molecular flexibility index (Phi) is 5.36. The number of allylic oxidation sites excluding steroid dienone is 5. The SMILES string of the molecule is C[C@H](C=Cc1ccccc1)[C@H]1CCC2=C3C=C[C@H]4C(C)(C)C(O)CC[C@]4(C)[C@H]3CC[C@@]21C. The topological polar surface area (TPSA) is 20.2 Å². The molecule has 1 aromatic rings. The van der Waals surface area contributed by atoms with E-state index in [2.05, 4.69) is 89.3 Å². The number of aliphatic hydroxyl groups is 1. The Morgan fingerprint density at radius 1 is 1.00 bits per heavy atom. The lowest BCUT2D eigenvalue weighted by Crippen LogP contribution is -2.54. The molecule has 0 radical (unpaired) electrons. The van der Waals surface area contributed by atoms with Crippen LogP contribution in [0.5, 0.6) is 0 Å². The maximum Gasteiger partial charge on any atom is 0.0597 e. The van der Waals surface area contributed by atoms with Crippen molar-refractivity contribution in [3.05, 3.63) is 65.3 Å². The zero-order chi connectivity index (χ0) is 22.7. The third-order valence-electron chi connectivity index (χ3n) is 10.5. The van der Waals surface area contributed by atoms with E-state index in [0.717, 1.165) is 18.8 Å². The fraction of sp³-hybridized carbons (Fsp3) is 0.613. The van der Waals surface area contributed by atoms with Crippen molar-refractivity contribution in [1.82, 2.24) is 0 Å². The van der Waals surface area contributed by atoms with Crippen molar-refractivity contribution in [3.8, 4) is 0 Å². The van der Waals surface area contributed by atoms with E-state index in [1.54, 1.807) is 11.1 Å². The van der Waals surface area contributed by atoms with Crippen LogP contribution in [0.25, 0.3) is 6.08 Å². The van der Waals surface area contributed by atoms with Gasteiger partial charge in [0.15, 0.2) is 0 Å². The number of fused-ring (bicyclic) bond motifs is 4. The lowest BCUT2D eigenvalue weighted by atomic mass is 9.46. The lowest BCUT2D eigenvalue weighted by molar-refractivity contribution is -0.0975. The van der Waals surface area contributed by atoms with E-state index in [4.69, 9.17) is 0 Å². The minimum absolute atomic E-state index is 0.0323. The zero-order valence-corrected chi connectivity index (χ0v) is 20.8. The summed E-state index contributed by atoms with van der Waals surface area (Å²) in [5, 5.41) is 10.8.